The lowest BCUT2D eigenvalue weighted by Gasteiger charge is -2.35. The van der Waals surface area contributed by atoms with Crippen LogP contribution in [-0.2, 0) is 5.41 Å². The summed E-state index contributed by atoms with van der Waals surface area (Å²) >= 11 is 0. The third kappa shape index (κ3) is 3.10. The molecule has 2 heteroatoms. The lowest BCUT2D eigenvalue weighted by atomic mass is 9.74. The second-order valence-corrected chi connectivity index (χ2v) is 9.82. The summed E-state index contributed by atoms with van der Waals surface area (Å²) in [6.07, 6.45) is 0. The van der Waals surface area contributed by atoms with Gasteiger partial charge in [0.05, 0.1) is 0 Å². The summed E-state index contributed by atoms with van der Waals surface area (Å²) in [6, 6.07) is 38.3. The maximum Gasteiger partial charge on any atom is 0.135 e. The lowest BCUT2D eigenvalue weighted by molar-refractivity contribution is 0.418. The Labute approximate surface area is 204 Å². The molecule has 7 rings (SSSR count). The number of hydrogen-bond donors (Lipinski definition) is 0. The number of furan rings is 1. The summed E-state index contributed by atoms with van der Waals surface area (Å²) in [6.45, 7) is 4.58. The summed E-state index contributed by atoms with van der Waals surface area (Å²) in [5.41, 5.74) is 8.82. The van der Waals surface area contributed by atoms with Gasteiger partial charge in [0.25, 0.3) is 0 Å². The van der Waals surface area contributed by atoms with Gasteiger partial charge < -0.3 is 9.15 Å². The molecule has 0 atom stereocenters. The largest absolute Gasteiger partial charge is 0.457 e. The highest BCUT2D eigenvalue weighted by Gasteiger charge is 2.34. The molecule has 0 radical (unpaired) electrons. The van der Waals surface area contributed by atoms with Crippen LogP contribution in [-0.4, -0.2) is 0 Å². The van der Waals surface area contributed by atoms with Crippen LogP contribution < -0.4 is 4.74 Å². The van der Waals surface area contributed by atoms with Gasteiger partial charge in [0.1, 0.15) is 22.7 Å². The first-order chi connectivity index (χ1) is 17.1. The third-order valence-electron chi connectivity index (χ3n) is 7.34. The van der Waals surface area contributed by atoms with Crippen molar-refractivity contribution in [3.8, 4) is 33.8 Å². The standard InChI is InChI=1S/C33H24O2/c1-33(2)27-19-23(21-8-4-3-5-9-21)13-16-31(27)35-32-17-14-24(20-28(32)33)22-12-15-30-26(18-22)25-10-6-7-11-29(25)34-30/h3-20H,1-2H3. The number of rotatable bonds is 2. The van der Waals surface area contributed by atoms with E-state index in [2.05, 4.69) is 111 Å². The fourth-order valence-corrected chi connectivity index (χ4v) is 5.37. The van der Waals surface area contributed by atoms with E-state index in [0.29, 0.717) is 0 Å². The second-order valence-electron chi connectivity index (χ2n) is 9.82. The SMILES string of the molecule is CC1(C)c2cc(-c3ccccc3)ccc2Oc2ccc(-c3ccc4oc5ccccc5c4c3)cc21. The zero-order chi connectivity index (χ0) is 23.6. The molecule has 1 aliphatic heterocycles. The van der Waals surface area contributed by atoms with Crippen LogP contribution in [0.2, 0.25) is 0 Å². The maximum atomic E-state index is 6.40. The van der Waals surface area contributed by atoms with Gasteiger partial charge >= 0.3 is 0 Å². The van der Waals surface area contributed by atoms with Crippen LogP contribution in [0, 0.1) is 0 Å². The van der Waals surface area contributed by atoms with Gasteiger partial charge in [-0.2, -0.15) is 0 Å². The van der Waals surface area contributed by atoms with Crippen molar-refractivity contribution in [1.29, 1.82) is 0 Å². The van der Waals surface area contributed by atoms with Crippen LogP contribution >= 0.6 is 0 Å². The fourth-order valence-electron chi connectivity index (χ4n) is 5.37. The summed E-state index contributed by atoms with van der Waals surface area (Å²) < 4.78 is 12.4. The molecule has 0 saturated heterocycles. The van der Waals surface area contributed by atoms with Crippen molar-refractivity contribution in [1.82, 2.24) is 0 Å². The molecule has 0 fully saturated rings. The van der Waals surface area contributed by atoms with E-state index >= 15 is 0 Å². The number of benzene rings is 5. The van der Waals surface area contributed by atoms with Gasteiger partial charge in [0, 0.05) is 27.3 Å². The van der Waals surface area contributed by atoms with E-state index in [1.807, 2.05) is 12.1 Å². The maximum absolute atomic E-state index is 6.40. The molecule has 2 nitrogen and oxygen atoms in total. The average Bonchev–Trinajstić information content (AvgIpc) is 3.27. The molecule has 6 aromatic rings. The predicted molar refractivity (Wildman–Crippen MR) is 143 cm³/mol. The van der Waals surface area contributed by atoms with Crippen molar-refractivity contribution >= 4 is 21.9 Å². The molecule has 0 spiro atoms. The molecule has 0 N–H and O–H groups in total. The van der Waals surface area contributed by atoms with Crippen molar-refractivity contribution in [2.45, 2.75) is 19.3 Å². The molecule has 5 aromatic carbocycles. The molecular formula is C33H24O2. The van der Waals surface area contributed by atoms with E-state index in [9.17, 15) is 0 Å². The number of fused-ring (bicyclic) bond motifs is 5. The highest BCUT2D eigenvalue weighted by Crippen LogP contribution is 2.50. The van der Waals surface area contributed by atoms with E-state index in [4.69, 9.17) is 9.15 Å². The Hall–Kier alpha value is -4.30. The molecular weight excluding hydrogens is 428 g/mol. The smallest absolute Gasteiger partial charge is 0.135 e. The van der Waals surface area contributed by atoms with E-state index in [1.54, 1.807) is 0 Å². The Kier molecular flexibility index (Phi) is 4.22. The van der Waals surface area contributed by atoms with Crippen molar-refractivity contribution in [2.24, 2.45) is 0 Å². The lowest BCUT2D eigenvalue weighted by Crippen LogP contribution is -2.24. The predicted octanol–water partition coefficient (Wildman–Crippen LogP) is 9.35. The Morgan fingerprint density at radius 1 is 0.486 bits per heavy atom. The van der Waals surface area contributed by atoms with Crippen LogP contribution in [0.15, 0.2) is 114 Å². The normalized spacial score (nSPS) is 13.9. The van der Waals surface area contributed by atoms with Gasteiger partial charge in [-0.1, -0.05) is 80.6 Å². The zero-order valence-electron chi connectivity index (χ0n) is 19.7. The monoisotopic (exact) mass is 452 g/mol. The molecule has 1 aliphatic rings. The highest BCUT2D eigenvalue weighted by atomic mass is 16.5. The van der Waals surface area contributed by atoms with Gasteiger partial charge in [0.2, 0.25) is 0 Å². The van der Waals surface area contributed by atoms with Crippen LogP contribution in [0.1, 0.15) is 25.0 Å². The number of hydrogen-bond acceptors (Lipinski definition) is 2. The Morgan fingerprint density at radius 2 is 1.06 bits per heavy atom. The minimum absolute atomic E-state index is 0.198. The molecule has 0 bridgehead atoms. The molecule has 0 amide bonds. The van der Waals surface area contributed by atoms with Gasteiger partial charge in [-0.25, -0.2) is 0 Å². The molecule has 0 aliphatic carbocycles. The zero-order valence-corrected chi connectivity index (χ0v) is 19.7. The fraction of sp³-hybridized carbons (Fsp3) is 0.0909. The Morgan fingerprint density at radius 3 is 1.80 bits per heavy atom. The van der Waals surface area contributed by atoms with E-state index < -0.39 is 0 Å². The first-order valence-corrected chi connectivity index (χ1v) is 12.0. The summed E-state index contributed by atoms with van der Waals surface area (Å²) in [7, 11) is 0. The summed E-state index contributed by atoms with van der Waals surface area (Å²) in [4.78, 5) is 0. The molecule has 1 aromatic heterocycles. The molecule has 2 heterocycles. The summed E-state index contributed by atoms with van der Waals surface area (Å²) in [5.74, 6) is 1.86. The first-order valence-electron chi connectivity index (χ1n) is 12.0. The number of ether oxygens (including phenoxy) is 1. The molecule has 0 unspecified atom stereocenters. The van der Waals surface area contributed by atoms with Crippen molar-refractivity contribution in [3.05, 3.63) is 120 Å². The minimum atomic E-state index is -0.198. The van der Waals surface area contributed by atoms with E-state index in [0.717, 1.165) is 33.4 Å². The van der Waals surface area contributed by atoms with Crippen LogP contribution in [0.5, 0.6) is 11.5 Å². The van der Waals surface area contributed by atoms with Gasteiger partial charge in [-0.05, 0) is 64.7 Å². The third-order valence-corrected chi connectivity index (χ3v) is 7.34. The Balaban J connectivity index is 1.34. The van der Waals surface area contributed by atoms with Crippen molar-refractivity contribution < 1.29 is 9.15 Å². The second kappa shape index (κ2) is 7.35. The quantitative estimate of drug-likeness (QED) is 0.261. The van der Waals surface area contributed by atoms with Gasteiger partial charge in [-0.15, -0.1) is 0 Å². The van der Waals surface area contributed by atoms with Gasteiger partial charge in [-0.3, -0.25) is 0 Å². The molecule has 0 saturated carbocycles. The van der Waals surface area contributed by atoms with Crippen molar-refractivity contribution in [2.75, 3.05) is 0 Å². The summed E-state index contributed by atoms with van der Waals surface area (Å²) in [5, 5.41) is 2.29. The average molecular weight is 453 g/mol. The van der Waals surface area contributed by atoms with Crippen LogP contribution in [0.25, 0.3) is 44.2 Å². The van der Waals surface area contributed by atoms with Crippen LogP contribution in [0.4, 0.5) is 0 Å². The molecule has 35 heavy (non-hydrogen) atoms. The van der Waals surface area contributed by atoms with E-state index in [1.165, 1.54) is 33.4 Å². The topological polar surface area (TPSA) is 22.4 Å². The molecule has 168 valence electrons. The minimum Gasteiger partial charge on any atom is -0.457 e. The Bertz CT molecular complexity index is 1740. The number of para-hydroxylation sites is 1. The first kappa shape index (κ1) is 20.1. The van der Waals surface area contributed by atoms with E-state index in [-0.39, 0.29) is 5.41 Å². The highest BCUT2D eigenvalue weighted by molar-refractivity contribution is 6.06. The van der Waals surface area contributed by atoms with Crippen LogP contribution in [0.3, 0.4) is 0 Å². The van der Waals surface area contributed by atoms with Gasteiger partial charge in [0.15, 0.2) is 0 Å². The van der Waals surface area contributed by atoms with Crippen molar-refractivity contribution in [3.63, 3.8) is 0 Å².